The molecule has 0 bridgehead atoms. The first kappa shape index (κ1) is 64.3. The summed E-state index contributed by atoms with van der Waals surface area (Å²) in [6, 6.07) is -2.15. The molecule has 8 unspecified atom stereocenters. The molecule has 418 valence electrons. The van der Waals surface area contributed by atoms with Crippen molar-refractivity contribution >= 4 is 123 Å². The van der Waals surface area contributed by atoms with Crippen LogP contribution in [0.15, 0.2) is 12.7 Å². The molecule has 18 nitrogen and oxygen atoms in total. The third-order valence-electron chi connectivity index (χ3n) is 14.5. The number of alkyl halides is 9. The van der Waals surface area contributed by atoms with Gasteiger partial charge in [-0.1, -0.05) is 173 Å². The summed E-state index contributed by atoms with van der Waals surface area (Å²) in [6.45, 7) is 19.9. The van der Waals surface area contributed by atoms with Crippen molar-refractivity contribution < 1.29 is 71.6 Å². The molecule has 4 aliphatic rings. The number of halogens is 9. The van der Waals surface area contributed by atoms with Crippen LogP contribution in [-0.4, -0.2) is 155 Å². The number of alkyl carbamates (subject to hydrolysis) is 3. The van der Waals surface area contributed by atoms with Crippen molar-refractivity contribution in [2.75, 3.05) is 52.9 Å². The topological polar surface area (TPSA) is 209 Å². The molecule has 4 rings (SSSR count). The Balaban J connectivity index is 1.49. The van der Waals surface area contributed by atoms with Crippen molar-refractivity contribution in [3.05, 3.63) is 12.7 Å². The Morgan fingerprint density at radius 3 is 1.08 bits per heavy atom. The second-order valence-electron chi connectivity index (χ2n) is 19.3. The van der Waals surface area contributed by atoms with E-state index in [1.165, 1.54) is 6.08 Å². The van der Waals surface area contributed by atoms with Gasteiger partial charge in [0.05, 0.1) is 75.6 Å². The van der Waals surface area contributed by atoms with Gasteiger partial charge >= 0.3 is 18.3 Å². The van der Waals surface area contributed by atoms with Gasteiger partial charge in [-0.05, 0) is 47.3 Å². The molecule has 27 heteroatoms. The van der Waals surface area contributed by atoms with Crippen molar-refractivity contribution in [2.45, 2.75) is 141 Å². The number of hydrogen-bond donors (Lipinski definition) is 4. The van der Waals surface area contributed by atoms with Gasteiger partial charge in [-0.25, -0.2) is 14.4 Å². The highest BCUT2D eigenvalue weighted by Crippen LogP contribution is 2.40. The lowest BCUT2D eigenvalue weighted by Gasteiger charge is -2.48. The second kappa shape index (κ2) is 28.6. The number of ether oxygens (including phenoxy) is 11. The fraction of sp³-hybridized carbons (Fsp3) is 0.889. The first-order chi connectivity index (χ1) is 33.4. The fourth-order valence-electron chi connectivity index (χ4n) is 9.08. The summed E-state index contributed by atoms with van der Waals surface area (Å²) in [5.41, 5.74) is 0. The zero-order valence-corrected chi connectivity index (χ0v) is 48.4. The lowest BCUT2D eigenvalue weighted by molar-refractivity contribution is -0.304. The van der Waals surface area contributed by atoms with Gasteiger partial charge in [0, 0.05) is 5.92 Å². The number of rotatable bonds is 19. The van der Waals surface area contributed by atoms with E-state index in [0.717, 1.165) is 0 Å². The minimum Gasteiger partial charge on any atom is -0.445 e. The van der Waals surface area contributed by atoms with Crippen LogP contribution in [0.1, 0.15) is 62.3 Å². The van der Waals surface area contributed by atoms with E-state index >= 15 is 0 Å². The monoisotopic (exact) mass is 1210 g/mol. The Labute approximate surface area is 467 Å². The molecule has 0 aromatic heterocycles. The molecule has 72 heavy (non-hydrogen) atoms. The smallest absolute Gasteiger partial charge is 0.407 e. The van der Waals surface area contributed by atoms with Crippen LogP contribution in [0.2, 0.25) is 0 Å². The van der Waals surface area contributed by atoms with Crippen molar-refractivity contribution in [2.24, 2.45) is 53.3 Å². The van der Waals surface area contributed by atoms with Gasteiger partial charge in [-0.3, -0.25) is 0 Å². The summed E-state index contributed by atoms with van der Waals surface area (Å²) in [5.74, 6) is -1.42. The van der Waals surface area contributed by atoms with Gasteiger partial charge in [0.25, 0.3) is 0 Å². The van der Waals surface area contributed by atoms with Gasteiger partial charge in [0.2, 0.25) is 11.4 Å². The molecule has 0 spiro atoms. The molecule has 4 heterocycles. The van der Waals surface area contributed by atoms with E-state index in [2.05, 4.69) is 36.4 Å². The lowest BCUT2D eigenvalue weighted by Crippen LogP contribution is -2.61. The summed E-state index contributed by atoms with van der Waals surface area (Å²) >= 11 is 52.4. The molecule has 4 N–H and O–H groups in total. The number of carbonyl (C=O) groups is 3. The normalized spacial score (nSPS) is 37.8. The highest BCUT2D eigenvalue weighted by molar-refractivity contribution is 6.68. The summed E-state index contributed by atoms with van der Waals surface area (Å²) in [7, 11) is 0. The predicted octanol–water partition coefficient (Wildman–Crippen LogP) is 9.25. The second-order valence-corrected chi connectivity index (χ2v) is 26.8. The van der Waals surface area contributed by atoms with Gasteiger partial charge in [-0.15, -0.1) is 6.58 Å². The third-order valence-corrected chi connectivity index (χ3v) is 15.5. The number of carbonyl (C=O) groups excluding carboxylic acids is 3. The van der Waals surface area contributed by atoms with E-state index in [-0.39, 0.29) is 86.3 Å². The van der Waals surface area contributed by atoms with Crippen molar-refractivity contribution in [1.82, 2.24) is 16.0 Å². The highest BCUT2D eigenvalue weighted by atomic mass is 35.6. The first-order valence-corrected chi connectivity index (χ1v) is 27.1. The van der Waals surface area contributed by atoms with Crippen LogP contribution < -0.4 is 16.0 Å². The number of hydrogen-bond acceptors (Lipinski definition) is 15. The minimum absolute atomic E-state index is 0.00776. The van der Waals surface area contributed by atoms with Crippen LogP contribution in [0.4, 0.5) is 14.4 Å². The van der Waals surface area contributed by atoms with E-state index in [9.17, 15) is 19.5 Å². The van der Waals surface area contributed by atoms with Crippen molar-refractivity contribution in [3.8, 4) is 0 Å². The molecule has 0 aromatic rings. The molecule has 0 radical (unpaired) electrons. The largest absolute Gasteiger partial charge is 0.445 e. The summed E-state index contributed by atoms with van der Waals surface area (Å²) in [5, 5.41) is 18.6. The van der Waals surface area contributed by atoms with E-state index < -0.39 is 117 Å². The summed E-state index contributed by atoms with van der Waals surface area (Å²) in [4.78, 5) is 38.8. The van der Waals surface area contributed by atoms with Crippen molar-refractivity contribution in [3.63, 3.8) is 0 Å². The highest BCUT2D eigenvalue weighted by Gasteiger charge is 2.49. The molecule has 0 saturated carbocycles. The number of aliphatic hydroxyl groups is 1. The number of nitrogens with one attached hydrogen (secondary N) is 3. The maximum absolute atomic E-state index is 13.2. The van der Waals surface area contributed by atoms with Gasteiger partial charge in [-0.2, -0.15) is 0 Å². The number of amides is 3. The van der Waals surface area contributed by atoms with E-state index in [1.807, 2.05) is 48.5 Å². The lowest BCUT2D eigenvalue weighted by atomic mass is 9.79. The maximum atomic E-state index is 13.2. The Morgan fingerprint density at radius 1 is 0.458 bits per heavy atom. The molecular weight excluding hydrogens is 1140 g/mol. The van der Waals surface area contributed by atoms with Crippen LogP contribution in [0, 0.1) is 53.3 Å². The van der Waals surface area contributed by atoms with Crippen molar-refractivity contribution in [1.29, 1.82) is 0 Å². The van der Waals surface area contributed by atoms with Gasteiger partial charge in [0.15, 0.2) is 25.2 Å². The average molecular weight is 1210 g/mol. The molecule has 4 saturated heterocycles. The molecule has 0 aliphatic carbocycles. The van der Waals surface area contributed by atoms with Crippen LogP contribution in [-0.2, 0) is 52.1 Å². The third kappa shape index (κ3) is 19.3. The standard InChI is InChI=1S/C45H70Cl9N3O15/c1-11-12-62-37-33(55-40(59)66-17-43(46,47)48)26(8)23(5)32(71-37)16-65-39-35(57-42(61)68-19-45(52,53)54)27(9)24(6)31(72-39)14-63-36-28(10)20(2)21(3)30(70-36)15-64-38-34(25(7)22(4)29(13-58)69-38)56-41(60)67-18-44(49,50)51/h11,20-39,58H,1,12-19H2,2-10H3,(H,55,59)(H,56,60)(H,57,61)/t20-,21-,22-,23-,24-,25-,26-,27-,28?,29?,30?,31?,32?,33?,34?,35?,36+,37+,38+,39+/m0/s1. The van der Waals surface area contributed by atoms with E-state index in [4.69, 9.17) is 157 Å². The zero-order valence-electron chi connectivity index (χ0n) is 41.6. The summed E-state index contributed by atoms with van der Waals surface area (Å²) < 4.78 is 61.4. The molecule has 3 amide bonds. The Bertz CT molecular complexity index is 1740. The van der Waals surface area contributed by atoms with Gasteiger partial charge < -0.3 is 73.2 Å². The maximum Gasteiger partial charge on any atom is 0.407 e. The minimum atomic E-state index is -1.85. The SMILES string of the molecule is C=CCO[C@@H]1OC(CO[C@@H]2OC(CO[C@@H]3OC(CO[C@@H]4OC(CO)[C@@H](C)[C@H](C)C4NC(=O)OCC(Cl)(Cl)Cl)[C@@H](C)[C@H](C)C3C)[C@@H](C)[C@H](C)C2NC(=O)OCC(Cl)(Cl)Cl)[C@@H](C)[C@H](C)C1NC(=O)OCC(Cl)(Cl)Cl. The predicted molar refractivity (Wildman–Crippen MR) is 274 cm³/mol. The van der Waals surface area contributed by atoms with Crippen LogP contribution in [0.25, 0.3) is 0 Å². The fourth-order valence-corrected chi connectivity index (χ4v) is 9.57. The quantitative estimate of drug-likeness (QED) is 0.0540. The van der Waals surface area contributed by atoms with Crippen LogP contribution >= 0.6 is 104 Å². The molecule has 4 aliphatic heterocycles. The van der Waals surface area contributed by atoms with Gasteiger partial charge in [0.1, 0.15) is 19.8 Å². The van der Waals surface area contributed by atoms with E-state index in [1.54, 1.807) is 0 Å². The molecular formula is C45H70Cl9N3O15. The summed E-state index contributed by atoms with van der Waals surface area (Å²) in [6.07, 6.45) is -6.99. The zero-order chi connectivity index (χ0) is 54.0. The Kier molecular flexibility index (Phi) is 25.6. The average Bonchev–Trinajstić information content (AvgIpc) is 3.30. The molecule has 4 fully saturated rings. The number of aliphatic hydroxyl groups excluding tert-OH is 1. The van der Waals surface area contributed by atoms with E-state index in [0.29, 0.717) is 0 Å². The molecule has 20 atom stereocenters. The first-order valence-electron chi connectivity index (χ1n) is 23.7. The van der Waals surface area contributed by atoms with Crippen LogP contribution in [0.5, 0.6) is 0 Å². The Morgan fingerprint density at radius 2 is 0.750 bits per heavy atom. The van der Waals surface area contributed by atoms with Crippen LogP contribution in [0.3, 0.4) is 0 Å². The molecule has 0 aromatic carbocycles. The Hall–Kier alpha value is -0.200.